The zero-order valence-corrected chi connectivity index (χ0v) is 20.0. The molecular weight excluding hydrogens is 362 g/mol. The summed E-state index contributed by atoms with van der Waals surface area (Å²) in [6.45, 7) is 22.2. The van der Waals surface area contributed by atoms with E-state index < -0.39 is 16.6 Å². The Balaban J connectivity index is 3.22. The van der Waals surface area contributed by atoms with Gasteiger partial charge in [0.1, 0.15) is 5.75 Å². The Morgan fingerprint density at radius 1 is 0.962 bits per heavy atom. The van der Waals surface area contributed by atoms with E-state index in [1.165, 1.54) is 6.07 Å². The maximum Gasteiger partial charge on any atom is 0.273 e. The molecule has 0 radical (unpaired) electrons. The number of benzene rings is 1. The molecule has 0 saturated heterocycles. The quantitative estimate of drug-likeness (QED) is 0.312. The summed E-state index contributed by atoms with van der Waals surface area (Å²) in [5, 5.41) is 11.3. The Morgan fingerprint density at radius 3 is 1.88 bits per heavy atom. The van der Waals surface area contributed by atoms with Crippen LogP contribution in [0.5, 0.6) is 5.75 Å². The van der Waals surface area contributed by atoms with Crippen molar-refractivity contribution >= 4 is 22.3 Å². The molecule has 1 aromatic rings. The highest BCUT2D eigenvalue weighted by molar-refractivity contribution is 6.75. The lowest BCUT2D eigenvalue weighted by Gasteiger charge is -2.38. The molecule has 0 fully saturated rings. The van der Waals surface area contributed by atoms with Gasteiger partial charge in [-0.25, -0.2) is 0 Å². The van der Waals surface area contributed by atoms with E-state index in [1.54, 1.807) is 12.1 Å². The summed E-state index contributed by atoms with van der Waals surface area (Å²) < 4.78 is 12.7. The first-order valence-corrected chi connectivity index (χ1v) is 14.9. The second-order valence-corrected chi connectivity index (χ2v) is 19.5. The van der Waals surface area contributed by atoms with E-state index in [4.69, 9.17) is 8.85 Å². The van der Waals surface area contributed by atoms with Gasteiger partial charge in [0.25, 0.3) is 5.69 Å². The predicted octanol–water partition coefficient (Wildman–Crippen LogP) is 6.50. The number of nitro groups is 1. The van der Waals surface area contributed by atoms with E-state index in [1.807, 2.05) is 0 Å². The maximum absolute atomic E-state index is 11.2. The summed E-state index contributed by atoms with van der Waals surface area (Å²) in [4.78, 5) is 10.8. The van der Waals surface area contributed by atoms with Gasteiger partial charge in [-0.2, -0.15) is 0 Å². The average Bonchev–Trinajstić information content (AvgIpc) is 2.42. The minimum Gasteiger partial charge on any atom is -0.543 e. The molecule has 0 heterocycles. The molecule has 26 heavy (non-hydrogen) atoms. The minimum absolute atomic E-state index is 0.00911. The van der Waals surface area contributed by atoms with E-state index >= 15 is 0 Å². The van der Waals surface area contributed by atoms with Crippen LogP contribution in [0.3, 0.4) is 0 Å². The summed E-state index contributed by atoms with van der Waals surface area (Å²) in [7, 11) is -4.03. The van der Waals surface area contributed by atoms with Crippen LogP contribution in [0.1, 0.15) is 47.1 Å². The van der Waals surface area contributed by atoms with Gasteiger partial charge in [-0.3, -0.25) is 10.1 Å². The fraction of sp³-hybridized carbons (Fsp3) is 0.684. The van der Waals surface area contributed by atoms with Crippen LogP contribution in [0.25, 0.3) is 0 Å². The third-order valence-electron chi connectivity index (χ3n) is 5.83. The molecule has 0 aliphatic rings. The highest BCUT2D eigenvalue weighted by Gasteiger charge is 2.40. The van der Waals surface area contributed by atoms with Crippen LogP contribution in [-0.4, -0.2) is 21.6 Å². The van der Waals surface area contributed by atoms with Gasteiger partial charge in [-0.1, -0.05) is 41.5 Å². The van der Waals surface area contributed by atoms with Gasteiger partial charge < -0.3 is 8.85 Å². The fourth-order valence-electron chi connectivity index (χ4n) is 1.77. The standard InChI is InChI=1S/C19H35NO4Si2/c1-18(2,3)25(7,8)23-14-15-11-12-16(20(21)22)13-17(15)24-26(9,10)19(4,5)6/h11-13H,14H2,1-10H3. The number of non-ortho nitro benzene ring substituents is 1. The van der Waals surface area contributed by atoms with Gasteiger partial charge >= 0.3 is 0 Å². The molecule has 1 aromatic carbocycles. The smallest absolute Gasteiger partial charge is 0.273 e. The van der Waals surface area contributed by atoms with Gasteiger partial charge in [-0.05, 0) is 42.3 Å². The molecule has 0 aliphatic heterocycles. The summed E-state index contributed by atoms with van der Waals surface area (Å²) in [5.41, 5.74) is 0.931. The van der Waals surface area contributed by atoms with E-state index in [-0.39, 0.29) is 20.7 Å². The Labute approximate surface area is 160 Å². The molecule has 1 rings (SSSR count). The molecule has 7 heteroatoms. The molecule has 5 nitrogen and oxygen atoms in total. The molecule has 0 unspecified atom stereocenters. The monoisotopic (exact) mass is 397 g/mol. The van der Waals surface area contributed by atoms with Crippen molar-refractivity contribution in [3.63, 3.8) is 0 Å². The molecule has 0 N–H and O–H groups in total. The number of hydrogen-bond acceptors (Lipinski definition) is 4. The number of nitro benzene ring substituents is 1. The van der Waals surface area contributed by atoms with Crippen LogP contribution in [0.2, 0.25) is 36.3 Å². The van der Waals surface area contributed by atoms with Crippen LogP contribution in [0.15, 0.2) is 18.2 Å². The first kappa shape index (κ1) is 22.9. The largest absolute Gasteiger partial charge is 0.543 e. The van der Waals surface area contributed by atoms with Crippen molar-refractivity contribution in [3.8, 4) is 5.75 Å². The summed E-state index contributed by atoms with van der Waals surface area (Å²) in [6, 6.07) is 4.85. The molecule has 0 spiro atoms. The summed E-state index contributed by atoms with van der Waals surface area (Å²) in [5.74, 6) is 0.588. The highest BCUT2D eigenvalue weighted by atomic mass is 28.4. The molecule has 0 bridgehead atoms. The highest BCUT2D eigenvalue weighted by Crippen LogP contribution is 2.41. The first-order valence-electron chi connectivity index (χ1n) is 9.08. The van der Waals surface area contributed by atoms with Gasteiger partial charge in [0.05, 0.1) is 17.6 Å². The maximum atomic E-state index is 11.2. The van der Waals surface area contributed by atoms with Gasteiger partial charge in [0, 0.05) is 11.6 Å². The molecule has 0 amide bonds. The van der Waals surface area contributed by atoms with Crippen LogP contribution in [0.4, 0.5) is 5.69 Å². The van der Waals surface area contributed by atoms with Crippen LogP contribution in [0, 0.1) is 10.1 Å². The molecule has 148 valence electrons. The van der Waals surface area contributed by atoms with Crippen LogP contribution < -0.4 is 4.43 Å². The SMILES string of the molecule is CC(C)(C)[Si](C)(C)OCc1ccc([N+](=O)[O-])cc1O[Si](C)(C)C(C)(C)C. The van der Waals surface area contributed by atoms with Gasteiger partial charge in [-0.15, -0.1) is 0 Å². The molecule has 0 atom stereocenters. The summed E-state index contributed by atoms with van der Waals surface area (Å²) in [6.07, 6.45) is 0. The second kappa shape index (κ2) is 7.44. The molecule has 0 aliphatic carbocycles. The second-order valence-electron chi connectivity index (χ2n) is 9.96. The Kier molecular flexibility index (Phi) is 6.54. The van der Waals surface area contributed by atoms with Gasteiger partial charge in [0.15, 0.2) is 8.32 Å². The van der Waals surface area contributed by atoms with Gasteiger partial charge in [0.2, 0.25) is 8.32 Å². The normalized spacial score (nSPS) is 13.6. The van der Waals surface area contributed by atoms with Crippen molar-refractivity contribution < 1.29 is 13.8 Å². The molecular formula is C19H35NO4Si2. The molecule has 0 aromatic heterocycles. The topological polar surface area (TPSA) is 61.6 Å². The number of hydrogen-bond donors (Lipinski definition) is 0. The fourth-order valence-corrected chi connectivity index (χ4v) is 3.77. The van der Waals surface area contributed by atoms with Crippen molar-refractivity contribution in [1.82, 2.24) is 0 Å². The third-order valence-corrected chi connectivity index (χ3v) is 14.6. The van der Waals surface area contributed by atoms with E-state index in [9.17, 15) is 10.1 Å². The van der Waals surface area contributed by atoms with E-state index in [2.05, 4.69) is 67.7 Å². The zero-order valence-electron chi connectivity index (χ0n) is 18.0. The number of rotatable bonds is 6. The van der Waals surface area contributed by atoms with E-state index in [0.29, 0.717) is 12.4 Å². The predicted molar refractivity (Wildman–Crippen MR) is 113 cm³/mol. The third kappa shape index (κ3) is 5.41. The lowest BCUT2D eigenvalue weighted by atomic mass is 10.2. The summed E-state index contributed by atoms with van der Waals surface area (Å²) >= 11 is 0. The van der Waals surface area contributed by atoms with Crippen LogP contribution >= 0.6 is 0 Å². The Morgan fingerprint density at radius 2 is 1.46 bits per heavy atom. The van der Waals surface area contributed by atoms with E-state index in [0.717, 1.165) is 5.56 Å². The van der Waals surface area contributed by atoms with Crippen molar-refractivity contribution in [1.29, 1.82) is 0 Å². The van der Waals surface area contributed by atoms with Crippen molar-refractivity contribution in [2.24, 2.45) is 0 Å². The average molecular weight is 398 g/mol. The Hall–Kier alpha value is -1.19. The zero-order chi connectivity index (χ0) is 20.6. The van der Waals surface area contributed by atoms with Crippen molar-refractivity contribution in [2.45, 2.75) is 84.4 Å². The van der Waals surface area contributed by atoms with Crippen molar-refractivity contribution in [3.05, 3.63) is 33.9 Å². The van der Waals surface area contributed by atoms with Crippen molar-refractivity contribution in [2.75, 3.05) is 0 Å². The lowest BCUT2D eigenvalue weighted by molar-refractivity contribution is -0.384. The lowest BCUT2D eigenvalue weighted by Crippen LogP contribution is -2.44. The minimum atomic E-state index is -2.11. The van der Waals surface area contributed by atoms with Crippen LogP contribution in [-0.2, 0) is 11.0 Å². The first-order chi connectivity index (χ1) is 11.5. The number of nitrogens with zero attached hydrogens (tertiary/aromatic N) is 1. The Bertz CT molecular complexity index is 658. The molecule has 0 saturated carbocycles.